The normalized spacial score (nSPS) is 17.9. The maximum absolute atomic E-state index is 11.4. The Morgan fingerprint density at radius 1 is 1.35 bits per heavy atom. The lowest BCUT2D eigenvalue weighted by Crippen LogP contribution is -2.18. The molecule has 1 aromatic rings. The molecule has 0 aromatic heterocycles. The van der Waals surface area contributed by atoms with E-state index < -0.39 is 0 Å². The number of nitrogens with zero attached hydrogens (tertiary/aromatic N) is 1. The Bertz CT molecular complexity index is 556. The van der Waals surface area contributed by atoms with Crippen molar-refractivity contribution in [1.29, 1.82) is 0 Å². The van der Waals surface area contributed by atoms with Gasteiger partial charge in [0.15, 0.2) is 11.5 Å². The summed E-state index contributed by atoms with van der Waals surface area (Å²) in [4.78, 5) is 11.4. The van der Waals surface area contributed by atoms with Crippen LogP contribution in [0.1, 0.15) is 24.8 Å². The van der Waals surface area contributed by atoms with Crippen LogP contribution in [0.5, 0.6) is 11.5 Å². The average molecular weight is 295 g/mol. The zero-order valence-electron chi connectivity index (χ0n) is 10.9. The van der Waals surface area contributed by atoms with Gasteiger partial charge in [-0.1, -0.05) is 11.6 Å². The van der Waals surface area contributed by atoms with Crippen molar-refractivity contribution < 1.29 is 14.3 Å². The number of amides is 1. The molecule has 1 aliphatic carbocycles. The predicted molar refractivity (Wildman–Crippen MR) is 75.5 cm³/mol. The highest BCUT2D eigenvalue weighted by Gasteiger charge is 2.29. The number of carbonyl (C=O) groups is 1. The number of ether oxygens (including phenoxy) is 2. The van der Waals surface area contributed by atoms with Gasteiger partial charge in [0.1, 0.15) is 0 Å². The van der Waals surface area contributed by atoms with E-state index >= 15 is 0 Å². The fraction of sp³-hybridized carbons (Fsp3) is 0.429. The minimum atomic E-state index is -0.0262. The molecule has 0 spiro atoms. The zero-order chi connectivity index (χ0) is 13.9. The molecular weight excluding hydrogens is 280 g/mol. The molecule has 0 atom stereocenters. The first-order valence-corrected chi connectivity index (χ1v) is 7.04. The van der Waals surface area contributed by atoms with Gasteiger partial charge in [-0.05, 0) is 30.5 Å². The van der Waals surface area contributed by atoms with Gasteiger partial charge in [0.2, 0.25) is 5.91 Å². The second-order valence-corrected chi connectivity index (χ2v) is 5.30. The number of halogens is 1. The van der Waals surface area contributed by atoms with Crippen molar-refractivity contribution in [3.63, 3.8) is 0 Å². The van der Waals surface area contributed by atoms with Crippen molar-refractivity contribution in [1.82, 2.24) is 5.43 Å². The van der Waals surface area contributed by atoms with Gasteiger partial charge < -0.3 is 9.47 Å². The Balaban J connectivity index is 1.73. The highest BCUT2D eigenvalue weighted by molar-refractivity contribution is 6.32. The molecule has 6 heteroatoms. The van der Waals surface area contributed by atoms with E-state index in [0.717, 1.165) is 24.8 Å². The van der Waals surface area contributed by atoms with E-state index in [2.05, 4.69) is 10.5 Å². The number of hydrazone groups is 1. The summed E-state index contributed by atoms with van der Waals surface area (Å²) in [5.74, 6) is 1.30. The Morgan fingerprint density at radius 3 is 2.95 bits per heavy atom. The topological polar surface area (TPSA) is 59.9 Å². The summed E-state index contributed by atoms with van der Waals surface area (Å²) in [6, 6.07) is 3.54. The second kappa shape index (κ2) is 5.71. The number of fused-ring (bicyclic) bond motifs is 1. The largest absolute Gasteiger partial charge is 0.489 e. The van der Waals surface area contributed by atoms with Gasteiger partial charge in [-0.25, -0.2) is 5.43 Å². The van der Waals surface area contributed by atoms with Crippen LogP contribution in [0.25, 0.3) is 0 Å². The molecule has 1 saturated carbocycles. The van der Waals surface area contributed by atoms with Crippen LogP contribution in [0.15, 0.2) is 17.2 Å². The van der Waals surface area contributed by atoms with Crippen molar-refractivity contribution >= 4 is 23.7 Å². The third kappa shape index (κ3) is 3.04. The fourth-order valence-corrected chi connectivity index (χ4v) is 2.21. The van der Waals surface area contributed by atoms with Crippen molar-refractivity contribution in [3.05, 3.63) is 22.7 Å². The quantitative estimate of drug-likeness (QED) is 0.688. The van der Waals surface area contributed by atoms with Crippen LogP contribution in [0.3, 0.4) is 0 Å². The smallest absolute Gasteiger partial charge is 0.243 e. The van der Waals surface area contributed by atoms with Crippen molar-refractivity contribution in [2.24, 2.45) is 11.0 Å². The molecule has 1 N–H and O–H groups in total. The van der Waals surface area contributed by atoms with Crippen LogP contribution >= 0.6 is 11.6 Å². The van der Waals surface area contributed by atoms with Crippen LogP contribution in [0.2, 0.25) is 5.02 Å². The minimum absolute atomic E-state index is 0.0262. The first kappa shape index (κ1) is 13.2. The van der Waals surface area contributed by atoms with E-state index in [1.54, 1.807) is 18.3 Å². The van der Waals surface area contributed by atoms with E-state index in [1.165, 1.54) is 0 Å². The number of hydrogen-bond donors (Lipinski definition) is 1. The predicted octanol–water partition coefficient (Wildman–Crippen LogP) is 2.36. The maximum Gasteiger partial charge on any atom is 0.243 e. The van der Waals surface area contributed by atoms with Gasteiger partial charge in [-0.3, -0.25) is 4.79 Å². The molecule has 20 heavy (non-hydrogen) atoms. The molecule has 1 aliphatic heterocycles. The van der Waals surface area contributed by atoms with Gasteiger partial charge in [0.25, 0.3) is 0 Å². The molecular formula is C14H15ClN2O3. The third-order valence-corrected chi connectivity index (χ3v) is 3.44. The lowest BCUT2D eigenvalue weighted by atomic mass is 10.2. The summed E-state index contributed by atoms with van der Waals surface area (Å²) in [6.45, 7) is 1.19. The molecule has 0 bridgehead atoms. The van der Waals surface area contributed by atoms with E-state index in [9.17, 15) is 4.79 Å². The van der Waals surface area contributed by atoms with Crippen LogP contribution in [-0.4, -0.2) is 25.3 Å². The van der Waals surface area contributed by atoms with E-state index in [1.807, 2.05) is 0 Å². The molecule has 106 valence electrons. The van der Waals surface area contributed by atoms with Gasteiger partial charge in [-0.15, -0.1) is 0 Å². The standard InChI is InChI=1S/C14H15ClN2O3/c15-11-6-9(8-16-17-14(18)10-2-3-10)7-12-13(11)20-5-1-4-19-12/h6-8,10H,1-5H2,(H,17,18)/b16-8-. The fourth-order valence-electron chi connectivity index (χ4n) is 1.93. The molecule has 1 aromatic carbocycles. The molecule has 1 fully saturated rings. The number of nitrogens with one attached hydrogen (secondary N) is 1. The summed E-state index contributed by atoms with van der Waals surface area (Å²) in [5, 5.41) is 4.42. The summed E-state index contributed by atoms with van der Waals surface area (Å²) in [6.07, 6.45) is 4.29. The Labute approximate surface area is 121 Å². The summed E-state index contributed by atoms with van der Waals surface area (Å²) < 4.78 is 11.1. The Hall–Kier alpha value is -1.75. The number of rotatable bonds is 3. The molecule has 0 radical (unpaired) electrons. The number of hydrogen-bond acceptors (Lipinski definition) is 4. The van der Waals surface area contributed by atoms with Crippen molar-refractivity contribution in [2.45, 2.75) is 19.3 Å². The molecule has 1 heterocycles. The third-order valence-electron chi connectivity index (χ3n) is 3.16. The second-order valence-electron chi connectivity index (χ2n) is 4.89. The van der Waals surface area contributed by atoms with Crippen LogP contribution in [0, 0.1) is 5.92 Å². The monoisotopic (exact) mass is 294 g/mol. The summed E-state index contributed by atoms with van der Waals surface area (Å²) >= 11 is 6.17. The lowest BCUT2D eigenvalue weighted by Gasteiger charge is -2.09. The van der Waals surface area contributed by atoms with Gasteiger partial charge in [0.05, 0.1) is 24.5 Å². The Kier molecular flexibility index (Phi) is 3.78. The van der Waals surface area contributed by atoms with Crippen molar-refractivity contribution in [3.8, 4) is 11.5 Å². The summed E-state index contributed by atoms with van der Waals surface area (Å²) in [7, 11) is 0. The van der Waals surface area contributed by atoms with E-state index in [-0.39, 0.29) is 11.8 Å². The van der Waals surface area contributed by atoms with Crippen LogP contribution in [-0.2, 0) is 4.79 Å². The lowest BCUT2D eigenvalue weighted by molar-refractivity contribution is -0.122. The molecule has 2 aliphatic rings. The van der Waals surface area contributed by atoms with E-state index in [0.29, 0.717) is 29.7 Å². The average Bonchev–Trinajstić information content (AvgIpc) is 3.25. The molecule has 5 nitrogen and oxygen atoms in total. The molecule has 0 saturated heterocycles. The molecule has 0 unspecified atom stereocenters. The molecule has 1 amide bonds. The zero-order valence-corrected chi connectivity index (χ0v) is 11.7. The van der Waals surface area contributed by atoms with Gasteiger partial charge >= 0.3 is 0 Å². The molecule has 3 rings (SSSR count). The minimum Gasteiger partial charge on any atom is -0.489 e. The first-order chi connectivity index (χ1) is 9.74. The summed E-state index contributed by atoms with van der Waals surface area (Å²) in [5.41, 5.74) is 3.28. The first-order valence-electron chi connectivity index (χ1n) is 6.66. The Morgan fingerprint density at radius 2 is 2.15 bits per heavy atom. The highest BCUT2D eigenvalue weighted by Crippen LogP contribution is 2.37. The van der Waals surface area contributed by atoms with Crippen molar-refractivity contribution in [2.75, 3.05) is 13.2 Å². The van der Waals surface area contributed by atoms with E-state index in [4.69, 9.17) is 21.1 Å². The highest BCUT2D eigenvalue weighted by atomic mass is 35.5. The number of benzene rings is 1. The number of carbonyl (C=O) groups excluding carboxylic acids is 1. The maximum atomic E-state index is 11.4. The SMILES string of the molecule is O=C(N/N=C\c1cc(Cl)c2c(c1)OCCCO2)C1CC1. The van der Waals surface area contributed by atoms with Crippen LogP contribution in [0.4, 0.5) is 0 Å². The van der Waals surface area contributed by atoms with Gasteiger partial charge in [0, 0.05) is 12.3 Å². The van der Waals surface area contributed by atoms with Gasteiger partial charge in [-0.2, -0.15) is 5.10 Å². The van der Waals surface area contributed by atoms with Crippen LogP contribution < -0.4 is 14.9 Å².